The predicted molar refractivity (Wildman–Crippen MR) is 123 cm³/mol. The van der Waals surface area contributed by atoms with Gasteiger partial charge in [0.2, 0.25) is 5.28 Å². The van der Waals surface area contributed by atoms with Gasteiger partial charge in [-0.05, 0) is 60.2 Å². The van der Waals surface area contributed by atoms with Gasteiger partial charge in [0.25, 0.3) is 0 Å². The van der Waals surface area contributed by atoms with Crippen LogP contribution in [0.2, 0.25) is 5.28 Å². The van der Waals surface area contributed by atoms with Crippen LogP contribution in [0.25, 0.3) is 22.0 Å². The number of aromatic nitrogens is 2. The molecule has 1 aliphatic heterocycles. The Hall–Kier alpha value is -2.17. The van der Waals surface area contributed by atoms with Gasteiger partial charge in [-0.15, -0.1) is 0 Å². The number of rotatable bonds is 7. The second-order valence-corrected chi connectivity index (χ2v) is 8.71. The first kappa shape index (κ1) is 23.0. The lowest BCUT2D eigenvalue weighted by Gasteiger charge is -2.29. The number of fused-ring (bicyclic) bond motifs is 1. The summed E-state index contributed by atoms with van der Waals surface area (Å²) in [5.74, 6) is 0.416. The maximum Gasteiger partial charge on any atom is 0.224 e. The Balaban J connectivity index is 1.73. The molecule has 0 radical (unpaired) electrons. The maximum atomic E-state index is 15.4. The maximum absolute atomic E-state index is 15.4. The van der Waals surface area contributed by atoms with Gasteiger partial charge in [-0.25, -0.2) is 14.1 Å². The molecule has 1 aromatic heterocycles. The van der Waals surface area contributed by atoms with Crippen LogP contribution >= 0.6 is 11.6 Å². The first-order chi connectivity index (χ1) is 15.4. The van der Waals surface area contributed by atoms with Crippen molar-refractivity contribution in [3.8, 4) is 11.1 Å². The Bertz CT molecular complexity index is 1160. The number of halogens is 2. The molecule has 0 saturated carbocycles. The largest absolute Gasteiger partial charge is 0.760 e. The average molecular weight is 478 g/mol. The van der Waals surface area contributed by atoms with Crippen LogP contribution in [-0.2, 0) is 22.4 Å². The highest BCUT2D eigenvalue weighted by Gasteiger charge is 2.20. The van der Waals surface area contributed by atoms with Gasteiger partial charge in [0.1, 0.15) is 11.6 Å². The number of nitrogens with zero attached hydrogens (tertiary/aromatic N) is 3. The number of hydrogen-bond acceptors (Lipinski definition) is 6. The highest BCUT2D eigenvalue weighted by molar-refractivity contribution is 7.77. The molecule has 2 aromatic carbocycles. The molecule has 1 unspecified atom stereocenters. The minimum absolute atomic E-state index is 0.177. The Morgan fingerprint density at radius 1 is 1.28 bits per heavy atom. The van der Waals surface area contributed by atoms with E-state index in [4.69, 9.17) is 16.3 Å². The van der Waals surface area contributed by atoms with E-state index in [1.165, 1.54) is 0 Å². The highest BCUT2D eigenvalue weighted by atomic mass is 35.5. The first-order valence-electron chi connectivity index (χ1n) is 10.3. The second kappa shape index (κ2) is 10.2. The van der Waals surface area contributed by atoms with Crippen molar-refractivity contribution in [2.24, 2.45) is 0 Å². The number of ether oxygens (including phenoxy) is 1. The van der Waals surface area contributed by atoms with E-state index in [0.717, 1.165) is 27.8 Å². The summed E-state index contributed by atoms with van der Waals surface area (Å²) in [6.45, 7) is 4.78. The Morgan fingerprint density at radius 2 is 2.06 bits per heavy atom. The topological polar surface area (TPSA) is 90.4 Å². The summed E-state index contributed by atoms with van der Waals surface area (Å²) in [5.41, 5.74) is 3.37. The molecule has 0 amide bonds. The van der Waals surface area contributed by atoms with Crippen molar-refractivity contribution in [3.63, 3.8) is 0 Å². The fourth-order valence-corrected chi connectivity index (χ4v) is 4.44. The van der Waals surface area contributed by atoms with E-state index in [2.05, 4.69) is 19.6 Å². The zero-order valence-electron chi connectivity index (χ0n) is 17.6. The van der Waals surface area contributed by atoms with Gasteiger partial charge >= 0.3 is 0 Å². The number of aryl methyl sites for hydroxylation is 2. The monoisotopic (exact) mass is 477 g/mol. The molecule has 1 fully saturated rings. The van der Waals surface area contributed by atoms with Crippen molar-refractivity contribution in [1.82, 2.24) is 14.7 Å². The van der Waals surface area contributed by atoms with Crippen molar-refractivity contribution >= 4 is 39.6 Å². The third kappa shape index (κ3) is 5.07. The number of morpholine rings is 1. The summed E-state index contributed by atoms with van der Waals surface area (Å²) in [6.07, 6.45) is 0.923. The third-order valence-electron chi connectivity index (χ3n) is 5.49. The van der Waals surface area contributed by atoms with E-state index in [1.54, 1.807) is 12.1 Å². The SMILES string of the molecule is Cc1cc(-c2cccc(CCCNS(=O)[O-])c2F)cc2c(N3CCOCC3)nc(Cl)nc12. The van der Waals surface area contributed by atoms with Crippen LogP contribution in [-0.4, -0.2) is 51.6 Å². The lowest BCUT2D eigenvalue weighted by atomic mass is 9.96. The lowest BCUT2D eigenvalue weighted by Crippen LogP contribution is -2.37. The van der Waals surface area contributed by atoms with Crippen LogP contribution in [0.3, 0.4) is 0 Å². The molecule has 10 heteroatoms. The van der Waals surface area contributed by atoms with Crippen LogP contribution in [0.15, 0.2) is 30.3 Å². The van der Waals surface area contributed by atoms with E-state index in [1.807, 2.05) is 25.1 Å². The number of benzene rings is 2. The summed E-state index contributed by atoms with van der Waals surface area (Å²) >= 11 is 3.90. The molecule has 1 atom stereocenters. The van der Waals surface area contributed by atoms with Gasteiger partial charge < -0.3 is 14.2 Å². The molecule has 2 heterocycles. The number of anilines is 1. The fraction of sp³-hybridized carbons (Fsp3) is 0.364. The summed E-state index contributed by atoms with van der Waals surface area (Å²) in [7, 11) is 0. The van der Waals surface area contributed by atoms with Gasteiger partial charge in [0, 0.05) is 41.9 Å². The minimum atomic E-state index is -2.31. The van der Waals surface area contributed by atoms with Crippen molar-refractivity contribution in [2.45, 2.75) is 19.8 Å². The molecule has 0 bridgehead atoms. The van der Waals surface area contributed by atoms with Gasteiger partial charge in [0.05, 0.1) is 18.7 Å². The molecule has 0 spiro atoms. The molecule has 1 saturated heterocycles. The zero-order chi connectivity index (χ0) is 22.7. The molecular formula is C22H23ClFN4O3S-. The smallest absolute Gasteiger partial charge is 0.224 e. The quantitative estimate of drug-likeness (QED) is 0.318. The minimum Gasteiger partial charge on any atom is -0.760 e. The molecule has 4 rings (SSSR count). The first-order valence-corrected chi connectivity index (χ1v) is 11.8. The molecule has 1 aliphatic rings. The van der Waals surface area contributed by atoms with Crippen molar-refractivity contribution in [2.75, 3.05) is 37.7 Å². The molecule has 170 valence electrons. The lowest BCUT2D eigenvalue weighted by molar-refractivity contribution is 0.122. The van der Waals surface area contributed by atoms with Gasteiger partial charge in [-0.2, -0.15) is 4.98 Å². The summed E-state index contributed by atoms with van der Waals surface area (Å²) < 4.78 is 44.3. The second-order valence-electron chi connectivity index (χ2n) is 7.62. The average Bonchev–Trinajstić information content (AvgIpc) is 2.78. The van der Waals surface area contributed by atoms with Crippen LogP contribution < -0.4 is 9.62 Å². The van der Waals surface area contributed by atoms with Crippen molar-refractivity contribution in [3.05, 3.63) is 52.6 Å². The van der Waals surface area contributed by atoms with Crippen LogP contribution in [0.1, 0.15) is 17.5 Å². The molecule has 7 nitrogen and oxygen atoms in total. The van der Waals surface area contributed by atoms with E-state index >= 15 is 4.39 Å². The summed E-state index contributed by atoms with van der Waals surface area (Å²) in [6, 6.07) is 9.10. The molecule has 0 aliphatic carbocycles. The van der Waals surface area contributed by atoms with Gasteiger partial charge in [-0.1, -0.05) is 18.2 Å². The molecule has 3 aromatic rings. The van der Waals surface area contributed by atoms with Gasteiger partial charge in [-0.3, -0.25) is 4.21 Å². The van der Waals surface area contributed by atoms with E-state index in [9.17, 15) is 8.76 Å². The number of nitrogens with one attached hydrogen (secondary N) is 1. The van der Waals surface area contributed by atoms with Gasteiger partial charge in [0.15, 0.2) is 0 Å². The molecule has 32 heavy (non-hydrogen) atoms. The Kier molecular flexibility index (Phi) is 7.32. The van der Waals surface area contributed by atoms with Crippen molar-refractivity contribution in [1.29, 1.82) is 0 Å². The van der Waals surface area contributed by atoms with E-state index < -0.39 is 11.3 Å². The highest BCUT2D eigenvalue weighted by Crippen LogP contribution is 2.34. The third-order valence-corrected chi connectivity index (χ3v) is 6.10. The summed E-state index contributed by atoms with van der Waals surface area (Å²) in [4.78, 5) is 11.0. The standard InChI is InChI=1S/C22H24ClFN4O3S/c1-14-12-16(17-6-2-4-15(19(17)24)5-3-7-25-32(29)30)13-18-20(14)26-22(23)27-21(18)28-8-10-31-11-9-28/h2,4,6,12-13,25H,3,5,7-11H2,1H3,(H,29,30)/p-1. The Labute approximate surface area is 193 Å². The predicted octanol–water partition coefficient (Wildman–Crippen LogP) is 3.55. The van der Waals surface area contributed by atoms with Crippen molar-refractivity contribution < 1.29 is 17.9 Å². The fourth-order valence-electron chi connectivity index (χ4n) is 3.97. The summed E-state index contributed by atoms with van der Waals surface area (Å²) in [5, 5.41) is 0.994. The number of hydrogen-bond donors (Lipinski definition) is 1. The molecule has 1 N–H and O–H groups in total. The normalized spacial score (nSPS) is 15.3. The van der Waals surface area contributed by atoms with E-state index in [0.29, 0.717) is 50.3 Å². The van der Waals surface area contributed by atoms with Crippen LogP contribution in [0.5, 0.6) is 0 Å². The van der Waals surface area contributed by atoms with Crippen LogP contribution in [0, 0.1) is 12.7 Å². The zero-order valence-corrected chi connectivity index (χ0v) is 19.1. The van der Waals surface area contributed by atoms with Crippen LogP contribution in [0.4, 0.5) is 10.2 Å². The molecular weight excluding hydrogens is 455 g/mol. The van der Waals surface area contributed by atoms with E-state index in [-0.39, 0.29) is 17.6 Å². The Morgan fingerprint density at radius 3 is 2.81 bits per heavy atom.